The van der Waals surface area contributed by atoms with Crippen LogP contribution < -0.4 is 0 Å². The molecule has 2 saturated heterocycles. The molecule has 2 N–H and O–H groups in total. The molecule has 6 nitrogen and oxygen atoms in total. The Kier molecular flexibility index (Phi) is 1.99. The summed E-state index contributed by atoms with van der Waals surface area (Å²) in [4.78, 5) is 10.8. The van der Waals surface area contributed by atoms with Crippen LogP contribution in [-0.4, -0.2) is 54.0 Å². The molecule has 13 heavy (non-hydrogen) atoms. The number of methoxy groups -OCH3 is 1. The van der Waals surface area contributed by atoms with Crippen molar-refractivity contribution in [3.63, 3.8) is 0 Å². The van der Waals surface area contributed by atoms with Crippen molar-refractivity contribution < 1.29 is 29.2 Å². The highest BCUT2D eigenvalue weighted by Crippen LogP contribution is 2.31. The second kappa shape index (κ2) is 2.91. The molecule has 0 radical (unpaired) electrons. The van der Waals surface area contributed by atoms with E-state index in [0.717, 1.165) is 0 Å². The molecule has 0 aliphatic carbocycles. The minimum atomic E-state index is -1.32. The van der Waals surface area contributed by atoms with Crippen molar-refractivity contribution in [1.29, 1.82) is 0 Å². The molecule has 6 heteroatoms. The Balaban J connectivity index is 2.14. The Morgan fingerprint density at radius 1 is 1.38 bits per heavy atom. The Labute approximate surface area is 74.0 Å². The molecule has 2 aliphatic rings. The van der Waals surface area contributed by atoms with Crippen LogP contribution in [0.3, 0.4) is 0 Å². The molecule has 0 aromatic rings. The molecule has 2 aliphatic heterocycles. The standard InChI is InChI=1S/C7H10O6/c1-11-7-3(9)5-4(13-7)2(8)6(10)12-5/h2-5,7-9H,1H3/t2-,3-,4-,5-,7+/m0/s1. The molecule has 0 bridgehead atoms. The highest BCUT2D eigenvalue weighted by molar-refractivity contribution is 5.78. The van der Waals surface area contributed by atoms with E-state index in [1.807, 2.05) is 0 Å². The molecule has 0 amide bonds. The van der Waals surface area contributed by atoms with Crippen molar-refractivity contribution in [2.24, 2.45) is 0 Å². The molecule has 2 fully saturated rings. The van der Waals surface area contributed by atoms with Gasteiger partial charge in [0, 0.05) is 7.11 Å². The first-order chi connectivity index (χ1) is 6.15. The average Bonchev–Trinajstić information content (AvgIpc) is 2.56. The number of hydrogen-bond acceptors (Lipinski definition) is 6. The van der Waals surface area contributed by atoms with E-state index in [-0.39, 0.29) is 0 Å². The van der Waals surface area contributed by atoms with Gasteiger partial charge in [0.25, 0.3) is 0 Å². The lowest BCUT2D eigenvalue weighted by molar-refractivity contribution is -0.177. The maximum Gasteiger partial charge on any atom is 0.338 e. The topological polar surface area (TPSA) is 85.2 Å². The molecule has 2 heterocycles. The van der Waals surface area contributed by atoms with Crippen molar-refractivity contribution in [3.8, 4) is 0 Å². The van der Waals surface area contributed by atoms with E-state index in [2.05, 4.69) is 0 Å². The molecule has 0 saturated carbocycles. The van der Waals surface area contributed by atoms with E-state index in [1.54, 1.807) is 0 Å². The summed E-state index contributed by atoms with van der Waals surface area (Å²) in [6, 6.07) is 0. The number of aliphatic hydroxyl groups is 2. The van der Waals surface area contributed by atoms with Gasteiger partial charge in [-0.1, -0.05) is 0 Å². The van der Waals surface area contributed by atoms with Crippen molar-refractivity contribution in [3.05, 3.63) is 0 Å². The summed E-state index contributed by atoms with van der Waals surface area (Å²) in [5.41, 5.74) is 0. The second-order valence-corrected chi connectivity index (χ2v) is 3.04. The lowest BCUT2D eigenvalue weighted by Gasteiger charge is -2.14. The zero-order chi connectivity index (χ0) is 9.59. The highest BCUT2D eigenvalue weighted by Gasteiger charge is 2.56. The van der Waals surface area contributed by atoms with Crippen molar-refractivity contribution >= 4 is 5.97 Å². The van der Waals surface area contributed by atoms with Gasteiger partial charge in [-0.3, -0.25) is 0 Å². The van der Waals surface area contributed by atoms with E-state index in [0.29, 0.717) is 0 Å². The Morgan fingerprint density at radius 3 is 2.62 bits per heavy atom. The summed E-state index contributed by atoms with van der Waals surface area (Å²) < 4.78 is 14.5. The fourth-order valence-corrected chi connectivity index (χ4v) is 1.59. The van der Waals surface area contributed by atoms with Crippen LogP contribution in [0, 0.1) is 0 Å². The molecule has 2 rings (SSSR count). The predicted molar refractivity (Wildman–Crippen MR) is 37.6 cm³/mol. The second-order valence-electron chi connectivity index (χ2n) is 3.04. The zero-order valence-corrected chi connectivity index (χ0v) is 6.91. The average molecular weight is 190 g/mol. The third-order valence-corrected chi connectivity index (χ3v) is 2.27. The summed E-state index contributed by atoms with van der Waals surface area (Å²) in [6.45, 7) is 0. The van der Waals surface area contributed by atoms with Gasteiger partial charge in [-0.05, 0) is 0 Å². The third-order valence-electron chi connectivity index (χ3n) is 2.27. The van der Waals surface area contributed by atoms with Crippen LogP contribution in [0.1, 0.15) is 0 Å². The van der Waals surface area contributed by atoms with Gasteiger partial charge in [0.05, 0.1) is 0 Å². The largest absolute Gasteiger partial charge is 0.454 e. The van der Waals surface area contributed by atoms with Crippen LogP contribution in [0.15, 0.2) is 0 Å². The molecular weight excluding hydrogens is 180 g/mol. The molecule has 5 atom stereocenters. The van der Waals surface area contributed by atoms with Gasteiger partial charge in [0.2, 0.25) is 0 Å². The first-order valence-corrected chi connectivity index (χ1v) is 3.90. The minimum absolute atomic E-state index is 0.761. The molecule has 0 aromatic carbocycles. The number of aliphatic hydroxyl groups excluding tert-OH is 2. The Bertz CT molecular complexity index is 229. The van der Waals surface area contributed by atoms with Gasteiger partial charge in [0.15, 0.2) is 18.5 Å². The summed E-state index contributed by atoms with van der Waals surface area (Å²) in [6.07, 6.45) is -4.81. The van der Waals surface area contributed by atoms with Gasteiger partial charge in [-0.25, -0.2) is 4.79 Å². The minimum Gasteiger partial charge on any atom is -0.454 e. The van der Waals surface area contributed by atoms with E-state index in [4.69, 9.17) is 14.2 Å². The third kappa shape index (κ3) is 1.14. The normalized spacial score (nSPS) is 49.2. The molecule has 74 valence electrons. The number of carbonyl (C=O) groups excluding carboxylic acids is 1. The zero-order valence-electron chi connectivity index (χ0n) is 6.91. The first-order valence-electron chi connectivity index (χ1n) is 3.90. The Hall–Kier alpha value is -0.690. The van der Waals surface area contributed by atoms with Crippen LogP contribution in [-0.2, 0) is 19.0 Å². The summed E-state index contributed by atoms with van der Waals surface area (Å²) in [7, 11) is 1.36. The molecule has 0 spiro atoms. The van der Waals surface area contributed by atoms with Crippen LogP contribution >= 0.6 is 0 Å². The quantitative estimate of drug-likeness (QED) is 0.465. The van der Waals surface area contributed by atoms with Gasteiger partial charge >= 0.3 is 5.97 Å². The number of ether oxygens (including phenoxy) is 3. The van der Waals surface area contributed by atoms with Crippen molar-refractivity contribution in [1.82, 2.24) is 0 Å². The monoisotopic (exact) mass is 190 g/mol. The molecular formula is C7H10O6. The van der Waals surface area contributed by atoms with Crippen LogP contribution in [0.2, 0.25) is 0 Å². The molecule has 0 unspecified atom stereocenters. The fourth-order valence-electron chi connectivity index (χ4n) is 1.59. The first kappa shape index (κ1) is 8.89. The number of carbonyl (C=O) groups is 1. The van der Waals surface area contributed by atoms with E-state index in [1.165, 1.54) is 7.11 Å². The summed E-state index contributed by atoms with van der Waals surface area (Å²) >= 11 is 0. The van der Waals surface area contributed by atoms with Gasteiger partial charge in [0.1, 0.15) is 12.2 Å². The number of rotatable bonds is 1. The maximum atomic E-state index is 10.8. The van der Waals surface area contributed by atoms with E-state index in [9.17, 15) is 15.0 Å². The van der Waals surface area contributed by atoms with Crippen LogP contribution in [0.5, 0.6) is 0 Å². The Morgan fingerprint density at radius 2 is 2.08 bits per heavy atom. The fraction of sp³-hybridized carbons (Fsp3) is 0.857. The molecule has 0 aromatic heterocycles. The van der Waals surface area contributed by atoms with E-state index < -0.39 is 36.7 Å². The summed E-state index contributed by atoms with van der Waals surface area (Å²) in [5, 5.41) is 18.7. The van der Waals surface area contributed by atoms with E-state index >= 15 is 0 Å². The highest BCUT2D eigenvalue weighted by atomic mass is 16.7. The van der Waals surface area contributed by atoms with Crippen LogP contribution in [0.25, 0.3) is 0 Å². The lowest BCUT2D eigenvalue weighted by Crippen LogP contribution is -2.32. The smallest absolute Gasteiger partial charge is 0.338 e. The predicted octanol–water partition coefficient (Wildman–Crippen LogP) is -2.00. The maximum absolute atomic E-state index is 10.8. The van der Waals surface area contributed by atoms with Gasteiger partial charge < -0.3 is 24.4 Å². The van der Waals surface area contributed by atoms with Crippen LogP contribution in [0.4, 0.5) is 0 Å². The number of fused-ring (bicyclic) bond motifs is 1. The van der Waals surface area contributed by atoms with Gasteiger partial charge in [-0.15, -0.1) is 0 Å². The SMILES string of the molecule is CO[C@@H]1O[C@@H]2[C@@H](OC(=O)[C@H]2O)[C@@H]1O. The summed E-state index contributed by atoms with van der Waals surface area (Å²) in [5.74, 6) is -0.761. The van der Waals surface area contributed by atoms with Crippen molar-refractivity contribution in [2.45, 2.75) is 30.7 Å². The lowest BCUT2D eigenvalue weighted by atomic mass is 10.1. The number of esters is 1. The van der Waals surface area contributed by atoms with Gasteiger partial charge in [-0.2, -0.15) is 0 Å². The number of hydrogen-bond donors (Lipinski definition) is 2. The van der Waals surface area contributed by atoms with Crippen molar-refractivity contribution in [2.75, 3.05) is 7.11 Å².